The Hall–Kier alpha value is -1.20. The summed E-state index contributed by atoms with van der Waals surface area (Å²) in [7, 11) is 0. The van der Waals surface area contributed by atoms with E-state index in [0.717, 1.165) is 68.4 Å². The maximum Gasteiger partial charge on any atom is 0.133 e. The predicted molar refractivity (Wildman–Crippen MR) is 81.6 cm³/mol. The molecule has 0 aromatic carbocycles. The first-order valence-corrected chi connectivity index (χ1v) is 7.88. The van der Waals surface area contributed by atoms with E-state index in [9.17, 15) is 0 Å². The van der Waals surface area contributed by atoms with Crippen molar-refractivity contribution in [3.8, 4) is 0 Å². The molecule has 0 bridgehead atoms. The van der Waals surface area contributed by atoms with E-state index in [1.165, 1.54) is 0 Å². The molecule has 0 amide bonds. The molecule has 21 heavy (non-hydrogen) atoms. The van der Waals surface area contributed by atoms with Crippen LogP contribution in [-0.2, 0) is 9.47 Å². The highest BCUT2D eigenvalue weighted by Gasteiger charge is 2.39. The number of hydrogen-bond acceptors (Lipinski definition) is 5. The van der Waals surface area contributed by atoms with Crippen molar-refractivity contribution >= 4 is 5.82 Å². The molecule has 0 radical (unpaired) electrons. The molecular weight excluding hydrogens is 266 g/mol. The van der Waals surface area contributed by atoms with Crippen LogP contribution in [-0.4, -0.2) is 41.4 Å². The van der Waals surface area contributed by atoms with E-state index in [0.29, 0.717) is 6.04 Å². The van der Waals surface area contributed by atoms with Crippen molar-refractivity contribution in [2.75, 3.05) is 25.1 Å². The van der Waals surface area contributed by atoms with Crippen LogP contribution in [0.3, 0.4) is 0 Å². The molecule has 1 aromatic rings. The minimum absolute atomic E-state index is 0.0131. The Bertz CT molecular complexity index is 507. The Labute approximate surface area is 126 Å². The van der Waals surface area contributed by atoms with E-state index in [2.05, 4.69) is 22.2 Å². The highest BCUT2D eigenvalue weighted by Crippen LogP contribution is 2.35. The van der Waals surface area contributed by atoms with Crippen molar-refractivity contribution in [2.45, 2.75) is 58.1 Å². The zero-order chi connectivity index (χ0) is 14.9. The summed E-state index contributed by atoms with van der Waals surface area (Å²) in [5, 5.41) is 3.63. The highest BCUT2D eigenvalue weighted by molar-refractivity contribution is 5.46. The summed E-state index contributed by atoms with van der Waals surface area (Å²) in [6, 6.07) is 0.421. The van der Waals surface area contributed by atoms with Crippen LogP contribution in [0.2, 0.25) is 0 Å². The van der Waals surface area contributed by atoms with Gasteiger partial charge < -0.3 is 14.8 Å². The van der Waals surface area contributed by atoms with Crippen molar-refractivity contribution < 1.29 is 9.47 Å². The Balaban J connectivity index is 1.73. The van der Waals surface area contributed by atoms with E-state index >= 15 is 0 Å². The standard InChI is InChI=1S/C16H25N3O2/c1-11-12(2)17-13(3)18-15(11)19-14-4-7-21-16(10-14)5-8-20-9-6-16/h14H,4-10H2,1-3H3,(H,17,18,19)/t14-/m0/s1. The number of hydrogen-bond donors (Lipinski definition) is 1. The summed E-state index contributed by atoms with van der Waals surface area (Å²) in [5.41, 5.74) is 2.21. The molecule has 3 rings (SSSR count). The molecule has 3 heterocycles. The molecule has 2 aliphatic heterocycles. The van der Waals surface area contributed by atoms with Crippen LogP contribution in [0.4, 0.5) is 5.82 Å². The second-order valence-electron chi connectivity index (χ2n) is 6.31. The van der Waals surface area contributed by atoms with Crippen LogP contribution < -0.4 is 5.32 Å². The summed E-state index contributed by atoms with van der Waals surface area (Å²) in [4.78, 5) is 8.99. The molecule has 1 spiro atoms. The van der Waals surface area contributed by atoms with Crippen LogP contribution in [0.15, 0.2) is 0 Å². The molecule has 116 valence electrons. The van der Waals surface area contributed by atoms with Gasteiger partial charge in [0, 0.05) is 37.1 Å². The molecule has 5 nitrogen and oxygen atoms in total. The van der Waals surface area contributed by atoms with Gasteiger partial charge in [-0.1, -0.05) is 0 Å². The SMILES string of the molecule is Cc1nc(C)c(C)c(N[C@H]2CCOC3(CCOCC3)C2)n1. The Morgan fingerprint density at radius 1 is 1.10 bits per heavy atom. The zero-order valence-electron chi connectivity index (χ0n) is 13.2. The van der Waals surface area contributed by atoms with E-state index in [4.69, 9.17) is 9.47 Å². The maximum absolute atomic E-state index is 6.10. The second kappa shape index (κ2) is 5.89. The number of aromatic nitrogens is 2. The molecule has 1 aromatic heterocycles. The molecule has 5 heteroatoms. The lowest BCUT2D eigenvalue weighted by atomic mass is 9.84. The lowest BCUT2D eigenvalue weighted by Gasteiger charge is -2.43. The number of aryl methyl sites for hydroxylation is 2. The topological polar surface area (TPSA) is 56.3 Å². The van der Waals surface area contributed by atoms with Crippen LogP contribution in [0.1, 0.15) is 42.8 Å². The minimum atomic E-state index is 0.0131. The van der Waals surface area contributed by atoms with Crippen LogP contribution >= 0.6 is 0 Å². The van der Waals surface area contributed by atoms with E-state index in [-0.39, 0.29) is 5.60 Å². The molecule has 0 aliphatic carbocycles. The fraction of sp³-hybridized carbons (Fsp3) is 0.750. The number of rotatable bonds is 2. The third kappa shape index (κ3) is 3.19. The summed E-state index contributed by atoms with van der Waals surface area (Å²) in [5.74, 6) is 1.81. The van der Waals surface area contributed by atoms with Crippen LogP contribution in [0.5, 0.6) is 0 Å². The molecule has 2 fully saturated rings. The number of nitrogens with one attached hydrogen (secondary N) is 1. The summed E-state index contributed by atoms with van der Waals surface area (Å²) >= 11 is 0. The van der Waals surface area contributed by atoms with E-state index in [1.54, 1.807) is 0 Å². The molecule has 2 aliphatic rings. The number of ether oxygens (including phenoxy) is 2. The van der Waals surface area contributed by atoms with Crippen LogP contribution in [0.25, 0.3) is 0 Å². The van der Waals surface area contributed by atoms with Crippen molar-refractivity contribution in [3.05, 3.63) is 17.1 Å². The van der Waals surface area contributed by atoms with Gasteiger partial charge in [0.25, 0.3) is 0 Å². The Morgan fingerprint density at radius 3 is 2.62 bits per heavy atom. The average molecular weight is 291 g/mol. The maximum atomic E-state index is 6.10. The molecule has 0 unspecified atom stereocenters. The normalized spacial score (nSPS) is 25.0. The minimum Gasteiger partial charge on any atom is -0.381 e. The highest BCUT2D eigenvalue weighted by atomic mass is 16.5. The average Bonchev–Trinajstić information content (AvgIpc) is 2.45. The van der Waals surface area contributed by atoms with Gasteiger partial charge in [-0.25, -0.2) is 9.97 Å². The van der Waals surface area contributed by atoms with Gasteiger partial charge in [-0.3, -0.25) is 0 Å². The quantitative estimate of drug-likeness (QED) is 0.907. The molecule has 1 atom stereocenters. The lowest BCUT2D eigenvalue weighted by Crippen LogP contribution is -2.48. The van der Waals surface area contributed by atoms with Gasteiger partial charge in [0.05, 0.1) is 5.60 Å². The van der Waals surface area contributed by atoms with Crippen LogP contribution in [0, 0.1) is 20.8 Å². The zero-order valence-corrected chi connectivity index (χ0v) is 13.2. The first kappa shape index (κ1) is 14.7. The fourth-order valence-electron chi connectivity index (χ4n) is 3.35. The fourth-order valence-corrected chi connectivity index (χ4v) is 3.35. The summed E-state index contributed by atoms with van der Waals surface area (Å²) < 4.78 is 11.6. The van der Waals surface area contributed by atoms with Crippen molar-refractivity contribution in [1.82, 2.24) is 9.97 Å². The third-order valence-electron chi connectivity index (χ3n) is 4.74. The Kier molecular flexibility index (Phi) is 4.13. The van der Waals surface area contributed by atoms with E-state index in [1.807, 2.05) is 13.8 Å². The molecule has 0 saturated carbocycles. The second-order valence-corrected chi connectivity index (χ2v) is 6.31. The smallest absolute Gasteiger partial charge is 0.133 e. The summed E-state index contributed by atoms with van der Waals surface area (Å²) in [6.07, 6.45) is 4.08. The first-order chi connectivity index (χ1) is 10.1. The largest absolute Gasteiger partial charge is 0.381 e. The van der Waals surface area contributed by atoms with Gasteiger partial charge in [0.2, 0.25) is 0 Å². The van der Waals surface area contributed by atoms with Gasteiger partial charge >= 0.3 is 0 Å². The van der Waals surface area contributed by atoms with Gasteiger partial charge in [-0.05, 0) is 46.5 Å². The van der Waals surface area contributed by atoms with Gasteiger partial charge in [0.1, 0.15) is 11.6 Å². The van der Waals surface area contributed by atoms with Gasteiger partial charge in [0.15, 0.2) is 0 Å². The predicted octanol–water partition coefficient (Wildman–Crippen LogP) is 2.54. The van der Waals surface area contributed by atoms with Crippen molar-refractivity contribution in [1.29, 1.82) is 0 Å². The molecule has 2 saturated heterocycles. The third-order valence-corrected chi connectivity index (χ3v) is 4.74. The van der Waals surface area contributed by atoms with Gasteiger partial charge in [-0.15, -0.1) is 0 Å². The monoisotopic (exact) mass is 291 g/mol. The van der Waals surface area contributed by atoms with Crippen molar-refractivity contribution in [2.24, 2.45) is 0 Å². The number of anilines is 1. The Morgan fingerprint density at radius 2 is 1.86 bits per heavy atom. The first-order valence-electron chi connectivity index (χ1n) is 7.88. The van der Waals surface area contributed by atoms with Crippen molar-refractivity contribution in [3.63, 3.8) is 0 Å². The molecular formula is C16H25N3O2. The van der Waals surface area contributed by atoms with Gasteiger partial charge in [-0.2, -0.15) is 0 Å². The lowest BCUT2D eigenvalue weighted by molar-refractivity contribution is -0.135. The molecule has 1 N–H and O–H groups in total. The number of nitrogens with zero attached hydrogens (tertiary/aromatic N) is 2. The summed E-state index contributed by atoms with van der Waals surface area (Å²) in [6.45, 7) is 8.52. The van der Waals surface area contributed by atoms with E-state index < -0.39 is 0 Å².